The molecule has 0 aliphatic carbocycles. The quantitative estimate of drug-likeness (QED) is 0.396. The van der Waals surface area contributed by atoms with Crippen molar-refractivity contribution in [3.8, 4) is 21.1 Å². The molecule has 0 amide bonds. The van der Waals surface area contributed by atoms with Crippen LogP contribution in [0.15, 0.2) is 61.1 Å². The highest BCUT2D eigenvalue weighted by atomic mass is 35.5. The smallest absolute Gasteiger partial charge is 0.147 e. The van der Waals surface area contributed by atoms with Gasteiger partial charge in [-0.2, -0.15) is 0 Å². The Morgan fingerprint density at radius 2 is 1.90 bits per heavy atom. The van der Waals surface area contributed by atoms with E-state index in [0.29, 0.717) is 11.4 Å². The maximum atomic E-state index is 11.6. The van der Waals surface area contributed by atoms with Crippen LogP contribution in [0.3, 0.4) is 0 Å². The summed E-state index contributed by atoms with van der Waals surface area (Å²) in [7, 11) is 4.14. The molecule has 0 saturated carbocycles. The summed E-state index contributed by atoms with van der Waals surface area (Å²) < 4.78 is 0. The van der Waals surface area contributed by atoms with Gasteiger partial charge >= 0.3 is 0 Å². The van der Waals surface area contributed by atoms with Crippen LogP contribution in [0, 0.1) is 0 Å². The number of thiophene rings is 1. The van der Waals surface area contributed by atoms with Gasteiger partial charge in [0.05, 0.1) is 10.9 Å². The number of aromatic nitrogens is 3. The van der Waals surface area contributed by atoms with E-state index in [4.69, 9.17) is 11.6 Å². The Balaban J connectivity index is 1.85. The largest absolute Gasteiger partial charge is 0.344 e. The van der Waals surface area contributed by atoms with Gasteiger partial charge in [-0.3, -0.25) is 14.7 Å². The van der Waals surface area contributed by atoms with E-state index >= 15 is 0 Å². The monoisotopic (exact) mass is 450 g/mol. The molecule has 0 fully saturated rings. The van der Waals surface area contributed by atoms with Gasteiger partial charge in [-0.25, -0.2) is 4.98 Å². The first kappa shape index (κ1) is 21.4. The van der Waals surface area contributed by atoms with Crippen molar-refractivity contribution in [3.63, 3.8) is 0 Å². The van der Waals surface area contributed by atoms with Crippen LogP contribution < -0.4 is 0 Å². The van der Waals surface area contributed by atoms with Crippen molar-refractivity contribution in [1.29, 1.82) is 0 Å². The number of carbonyl (C=O) groups is 1. The van der Waals surface area contributed by atoms with Gasteiger partial charge in [0.25, 0.3) is 0 Å². The molecule has 1 atom stereocenters. The maximum absolute atomic E-state index is 11.6. The summed E-state index contributed by atoms with van der Waals surface area (Å²) in [6, 6.07) is 14.2. The average Bonchev–Trinajstić information content (AvgIpc) is 3.39. The van der Waals surface area contributed by atoms with E-state index in [9.17, 15) is 4.79 Å². The number of nitrogens with one attached hydrogen (secondary N) is 1. The van der Waals surface area contributed by atoms with Gasteiger partial charge in [0.2, 0.25) is 0 Å². The summed E-state index contributed by atoms with van der Waals surface area (Å²) in [5, 5.41) is 0.716. The Bertz CT molecular complexity index is 1180. The van der Waals surface area contributed by atoms with Crippen LogP contribution in [0.4, 0.5) is 0 Å². The number of carbonyl (C=O) groups excluding carboxylic acids is 1. The molecule has 0 saturated heterocycles. The van der Waals surface area contributed by atoms with Crippen LogP contribution >= 0.6 is 22.9 Å². The first-order chi connectivity index (χ1) is 14.9. The maximum Gasteiger partial charge on any atom is 0.147 e. The third kappa shape index (κ3) is 4.77. The summed E-state index contributed by atoms with van der Waals surface area (Å²) in [5.41, 5.74) is 4.14. The Kier molecular flexibility index (Phi) is 6.32. The molecular weight excluding hydrogens is 428 g/mol. The molecule has 7 heteroatoms. The molecule has 0 bridgehead atoms. The predicted octanol–water partition coefficient (Wildman–Crippen LogP) is 5.64. The molecule has 4 aromatic rings. The second-order valence-electron chi connectivity index (χ2n) is 7.67. The lowest BCUT2D eigenvalue weighted by atomic mass is 9.97. The van der Waals surface area contributed by atoms with Crippen LogP contribution in [0.1, 0.15) is 29.8 Å². The minimum Gasteiger partial charge on any atom is -0.344 e. The second-order valence-corrected chi connectivity index (χ2v) is 9.15. The standard InChI is InChI=1S/C24H23ClN4OS/c1-15(30)12-19-13-17(8-9-26-19)21-14-20(23(31-21)24-27-10-11-28-24)22(29(2)3)16-4-6-18(25)7-5-16/h4-11,13-14,22H,12H2,1-3H3,(H,27,28)/t22-/m0/s1. The van der Waals surface area contributed by atoms with Crippen molar-refractivity contribution < 1.29 is 4.79 Å². The summed E-state index contributed by atoms with van der Waals surface area (Å²) in [5.74, 6) is 0.938. The Morgan fingerprint density at radius 3 is 2.55 bits per heavy atom. The molecule has 3 heterocycles. The van der Waals surface area contributed by atoms with Gasteiger partial charge in [-0.05, 0) is 68.0 Å². The normalized spacial score (nSPS) is 12.3. The second kappa shape index (κ2) is 9.14. The number of rotatable bonds is 7. The number of aromatic amines is 1. The molecule has 4 rings (SSSR count). The fourth-order valence-electron chi connectivity index (χ4n) is 3.71. The molecule has 1 N–H and O–H groups in total. The first-order valence-corrected chi connectivity index (χ1v) is 11.1. The van der Waals surface area contributed by atoms with Crippen molar-refractivity contribution >= 4 is 28.7 Å². The molecule has 3 aromatic heterocycles. The van der Waals surface area contributed by atoms with Gasteiger partial charge in [0, 0.05) is 40.6 Å². The molecule has 31 heavy (non-hydrogen) atoms. The van der Waals surface area contributed by atoms with Crippen LogP contribution in [-0.4, -0.2) is 39.7 Å². The first-order valence-electron chi connectivity index (χ1n) is 9.92. The highest BCUT2D eigenvalue weighted by molar-refractivity contribution is 7.19. The van der Waals surface area contributed by atoms with Crippen LogP contribution in [0.25, 0.3) is 21.1 Å². The number of hydrogen-bond acceptors (Lipinski definition) is 5. The number of hydrogen-bond donors (Lipinski definition) is 1. The lowest BCUT2D eigenvalue weighted by Gasteiger charge is -2.25. The fraction of sp³-hybridized carbons (Fsp3) is 0.208. The Morgan fingerprint density at radius 1 is 1.13 bits per heavy atom. The van der Waals surface area contributed by atoms with E-state index in [-0.39, 0.29) is 11.8 Å². The molecule has 0 aliphatic heterocycles. The van der Waals surface area contributed by atoms with Crippen molar-refractivity contribution in [2.45, 2.75) is 19.4 Å². The lowest BCUT2D eigenvalue weighted by molar-refractivity contribution is -0.116. The van der Waals surface area contributed by atoms with E-state index < -0.39 is 0 Å². The van der Waals surface area contributed by atoms with Crippen LogP contribution in [-0.2, 0) is 11.2 Å². The highest BCUT2D eigenvalue weighted by Gasteiger charge is 2.25. The fourth-order valence-corrected chi connectivity index (χ4v) is 4.98. The topological polar surface area (TPSA) is 61.9 Å². The molecule has 5 nitrogen and oxygen atoms in total. The van der Waals surface area contributed by atoms with Gasteiger partial charge in [0.1, 0.15) is 11.6 Å². The summed E-state index contributed by atoms with van der Waals surface area (Å²) in [4.78, 5) is 28.1. The van der Waals surface area contributed by atoms with E-state index in [2.05, 4.69) is 52.1 Å². The number of benzene rings is 1. The minimum absolute atomic E-state index is 0.0286. The number of nitrogens with zero attached hydrogens (tertiary/aromatic N) is 3. The van der Waals surface area contributed by atoms with Crippen molar-refractivity contribution in [1.82, 2.24) is 19.9 Å². The van der Waals surface area contributed by atoms with E-state index in [0.717, 1.165) is 38.0 Å². The number of H-pyrrole nitrogens is 1. The van der Waals surface area contributed by atoms with Crippen LogP contribution in [0.5, 0.6) is 0 Å². The van der Waals surface area contributed by atoms with Gasteiger partial charge in [-0.1, -0.05) is 23.7 Å². The number of halogens is 1. The van der Waals surface area contributed by atoms with Gasteiger partial charge in [0.15, 0.2) is 0 Å². The number of pyridine rings is 1. The number of imidazole rings is 1. The molecule has 0 unspecified atom stereocenters. The molecule has 0 aliphatic rings. The SMILES string of the molecule is CC(=O)Cc1cc(-c2cc([C@H](c3ccc(Cl)cc3)N(C)C)c(-c3ncc[nH]3)s2)ccn1. The van der Waals surface area contributed by atoms with Crippen molar-refractivity contribution in [2.75, 3.05) is 14.1 Å². The van der Waals surface area contributed by atoms with Crippen molar-refractivity contribution in [3.05, 3.63) is 82.9 Å². The van der Waals surface area contributed by atoms with Gasteiger partial charge < -0.3 is 4.98 Å². The lowest BCUT2D eigenvalue weighted by Crippen LogP contribution is -2.21. The summed E-state index contributed by atoms with van der Waals surface area (Å²) in [6.07, 6.45) is 5.70. The van der Waals surface area contributed by atoms with E-state index in [1.165, 1.54) is 0 Å². The third-order valence-corrected chi connectivity index (χ3v) is 6.46. The third-order valence-electron chi connectivity index (χ3n) is 5.00. The zero-order valence-corrected chi connectivity index (χ0v) is 19.2. The zero-order valence-electron chi connectivity index (χ0n) is 17.6. The predicted molar refractivity (Wildman–Crippen MR) is 126 cm³/mol. The van der Waals surface area contributed by atoms with Crippen molar-refractivity contribution in [2.24, 2.45) is 0 Å². The minimum atomic E-state index is 0.0286. The van der Waals surface area contributed by atoms with Gasteiger partial charge in [-0.15, -0.1) is 11.3 Å². The zero-order chi connectivity index (χ0) is 22.0. The molecule has 0 spiro atoms. The number of Topliss-reactive ketones (excluding diaryl/α,β-unsaturated/α-hetero) is 1. The molecule has 158 valence electrons. The highest BCUT2D eigenvalue weighted by Crippen LogP contribution is 2.43. The molecule has 0 radical (unpaired) electrons. The van der Waals surface area contributed by atoms with E-state index in [1.54, 1.807) is 30.7 Å². The summed E-state index contributed by atoms with van der Waals surface area (Å²) in [6.45, 7) is 1.58. The average molecular weight is 451 g/mol. The molecule has 1 aromatic carbocycles. The Labute approximate surface area is 190 Å². The molecular formula is C24H23ClN4OS. The van der Waals surface area contributed by atoms with Crippen LogP contribution in [0.2, 0.25) is 5.02 Å². The summed E-state index contributed by atoms with van der Waals surface area (Å²) >= 11 is 7.82. The van der Waals surface area contributed by atoms with E-state index in [1.807, 2.05) is 30.5 Å². The number of ketones is 1. The Hall–Kier alpha value is -2.80.